The van der Waals surface area contributed by atoms with Crippen molar-refractivity contribution in [2.45, 2.75) is 13.8 Å². The Labute approximate surface area is 124 Å². The molecule has 1 aromatic carbocycles. The predicted octanol–water partition coefficient (Wildman–Crippen LogP) is 3.38. The molecule has 2 heterocycles. The van der Waals surface area contributed by atoms with Crippen LogP contribution in [0.2, 0.25) is 0 Å². The number of benzene rings is 1. The second-order valence-electron chi connectivity index (χ2n) is 5.40. The van der Waals surface area contributed by atoms with Crippen LogP contribution in [0.3, 0.4) is 0 Å². The van der Waals surface area contributed by atoms with E-state index in [1.807, 2.05) is 27.9 Å². The molecule has 0 aliphatic rings. The van der Waals surface area contributed by atoms with E-state index >= 15 is 0 Å². The Morgan fingerprint density at radius 1 is 1.05 bits per heavy atom. The van der Waals surface area contributed by atoms with Crippen LogP contribution in [-0.4, -0.2) is 29.0 Å². The minimum atomic E-state index is 0.747. The largest absolute Gasteiger partial charge is 0.378 e. The molecule has 21 heavy (non-hydrogen) atoms. The summed E-state index contributed by atoms with van der Waals surface area (Å²) in [6, 6.07) is 10.3. The van der Waals surface area contributed by atoms with Gasteiger partial charge in [0, 0.05) is 31.2 Å². The molecule has 5 heteroatoms. The first-order valence-corrected chi connectivity index (χ1v) is 6.91. The molecule has 0 unspecified atom stereocenters. The smallest absolute Gasteiger partial charge is 0.143 e. The number of rotatable bonds is 3. The zero-order valence-corrected chi connectivity index (χ0v) is 12.7. The maximum absolute atomic E-state index is 4.51. The van der Waals surface area contributed by atoms with Crippen molar-refractivity contribution < 1.29 is 0 Å². The molecule has 0 aliphatic heterocycles. The summed E-state index contributed by atoms with van der Waals surface area (Å²) in [7, 11) is 4.06. The highest BCUT2D eigenvalue weighted by molar-refractivity contribution is 5.89. The van der Waals surface area contributed by atoms with E-state index in [0.29, 0.717) is 0 Å². The van der Waals surface area contributed by atoms with E-state index in [1.54, 1.807) is 0 Å². The number of nitrogens with one attached hydrogen (secondary N) is 2. The van der Waals surface area contributed by atoms with Crippen LogP contribution in [0.1, 0.15) is 11.5 Å². The number of aromatic nitrogens is 3. The Hall–Kier alpha value is -2.56. The molecule has 2 N–H and O–H groups in total. The standard InChI is InChI=1S/C16H19N5/c1-10-9-14-15(17-10)18-11(2)19-16(14)20-12-5-7-13(8-6-12)21(3)4/h5-9H,1-4H3,(H2,17,18,19,20). The van der Waals surface area contributed by atoms with Gasteiger partial charge in [-0.15, -0.1) is 0 Å². The van der Waals surface area contributed by atoms with Crippen molar-refractivity contribution in [1.29, 1.82) is 0 Å². The van der Waals surface area contributed by atoms with Gasteiger partial charge >= 0.3 is 0 Å². The molecule has 2 aromatic heterocycles. The average Bonchev–Trinajstić information content (AvgIpc) is 2.79. The van der Waals surface area contributed by atoms with Gasteiger partial charge in [0.1, 0.15) is 17.3 Å². The van der Waals surface area contributed by atoms with E-state index in [9.17, 15) is 0 Å². The fourth-order valence-corrected chi connectivity index (χ4v) is 2.33. The van der Waals surface area contributed by atoms with Gasteiger partial charge in [0.2, 0.25) is 0 Å². The molecule has 0 amide bonds. The normalized spacial score (nSPS) is 10.9. The molecule has 0 saturated heterocycles. The van der Waals surface area contributed by atoms with Crippen LogP contribution in [0.5, 0.6) is 0 Å². The molecule has 0 saturated carbocycles. The van der Waals surface area contributed by atoms with E-state index in [2.05, 4.69) is 55.5 Å². The lowest BCUT2D eigenvalue weighted by Crippen LogP contribution is -2.08. The zero-order valence-electron chi connectivity index (χ0n) is 12.7. The molecule has 0 spiro atoms. The second-order valence-corrected chi connectivity index (χ2v) is 5.40. The highest BCUT2D eigenvalue weighted by Crippen LogP contribution is 2.25. The van der Waals surface area contributed by atoms with Crippen molar-refractivity contribution in [3.63, 3.8) is 0 Å². The summed E-state index contributed by atoms with van der Waals surface area (Å²) in [4.78, 5) is 14.3. The minimum absolute atomic E-state index is 0.747. The lowest BCUT2D eigenvalue weighted by atomic mass is 10.2. The number of fused-ring (bicyclic) bond motifs is 1. The van der Waals surface area contributed by atoms with Gasteiger partial charge in [-0.1, -0.05) is 0 Å². The van der Waals surface area contributed by atoms with Gasteiger partial charge in [-0.2, -0.15) is 0 Å². The summed E-state index contributed by atoms with van der Waals surface area (Å²) in [5, 5.41) is 4.39. The van der Waals surface area contributed by atoms with E-state index < -0.39 is 0 Å². The molecule has 5 nitrogen and oxygen atoms in total. The molecule has 108 valence electrons. The molecular formula is C16H19N5. The topological polar surface area (TPSA) is 56.8 Å². The average molecular weight is 281 g/mol. The van der Waals surface area contributed by atoms with Crippen molar-refractivity contribution >= 4 is 28.2 Å². The van der Waals surface area contributed by atoms with Crippen molar-refractivity contribution in [2.75, 3.05) is 24.3 Å². The first-order valence-electron chi connectivity index (χ1n) is 6.91. The Morgan fingerprint density at radius 2 is 1.76 bits per heavy atom. The van der Waals surface area contributed by atoms with Crippen LogP contribution in [0.4, 0.5) is 17.2 Å². The molecule has 0 aliphatic carbocycles. The Kier molecular flexibility index (Phi) is 3.25. The van der Waals surface area contributed by atoms with Gasteiger partial charge in [-0.25, -0.2) is 9.97 Å². The van der Waals surface area contributed by atoms with E-state index in [1.165, 1.54) is 5.69 Å². The highest BCUT2D eigenvalue weighted by Gasteiger charge is 2.08. The van der Waals surface area contributed by atoms with Crippen molar-refractivity contribution in [3.05, 3.63) is 41.9 Å². The number of aryl methyl sites for hydroxylation is 2. The molecule has 0 fully saturated rings. The van der Waals surface area contributed by atoms with Gasteiger partial charge in [0.25, 0.3) is 0 Å². The summed E-state index contributed by atoms with van der Waals surface area (Å²) < 4.78 is 0. The number of H-pyrrole nitrogens is 1. The van der Waals surface area contributed by atoms with E-state index in [4.69, 9.17) is 0 Å². The summed E-state index contributed by atoms with van der Waals surface area (Å²) in [6.07, 6.45) is 0. The number of anilines is 3. The Bertz CT molecular complexity index is 771. The SMILES string of the molecule is Cc1nc(Nc2ccc(N(C)C)cc2)c2cc(C)[nH]c2n1. The first-order chi connectivity index (χ1) is 10.0. The molecule has 3 rings (SSSR count). The maximum Gasteiger partial charge on any atom is 0.143 e. The highest BCUT2D eigenvalue weighted by atomic mass is 15.1. The lowest BCUT2D eigenvalue weighted by molar-refractivity contribution is 1.08. The third-order valence-corrected chi connectivity index (χ3v) is 3.38. The van der Waals surface area contributed by atoms with Gasteiger partial charge < -0.3 is 15.2 Å². The number of hydrogen-bond donors (Lipinski definition) is 2. The van der Waals surface area contributed by atoms with Crippen LogP contribution in [0.15, 0.2) is 30.3 Å². The van der Waals surface area contributed by atoms with Crippen molar-refractivity contribution in [3.8, 4) is 0 Å². The summed E-state index contributed by atoms with van der Waals surface area (Å²) >= 11 is 0. The summed E-state index contributed by atoms with van der Waals surface area (Å²) in [6.45, 7) is 3.92. The quantitative estimate of drug-likeness (QED) is 0.772. The van der Waals surface area contributed by atoms with Crippen LogP contribution in [0, 0.1) is 13.8 Å². The van der Waals surface area contributed by atoms with Crippen LogP contribution < -0.4 is 10.2 Å². The van der Waals surface area contributed by atoms with Gasteiger partial charge in [-0.3, -0.25) is 0 Å². The van der Waals surface area contributed by atoms with Gasteiger partial charge in [0.15, 0.2) is 0 Å². The molecule has 0 bridgehead atoms. The summed E-state index contributed by atoms with van der Waals surface area (Å²) in [5.74, 6) is 1.58. The summed E-state index contributed by atoms with van der Waals surface area (Å²) in [5.41, 5.74) is 4.13. The van der Waals surface area contributed by atoms with Crippen LogP contribution in [-0.2, 0) is 0 Å². The van der Waals surface area contributed by atoms with Crippen molar-refractivity contribution in [2.24, 2.45) is 0 Å². The number of hydrogen-bond acceptors (Lipinski definition) is 4. The third-order valence-electron chi connectivity index (χ3n) is 3.38. The minimum Gasteiger partial charge on any atom is -0.378 e. The molecule has 0 atom stereocenters. The zero-order chi connectivity index (χ0) is 15.0. The van der Waals surface area contributed by atoms with Gasteiger partial charge in [-0.05, 0) is 44.2 Å². The van der Waals surface area contributed by atoms with Crippen molar-refractivity contribution in [1.82, 2.24) is 15.0 Å². The molecule has 3 aromatic rings. The number of nitrogens with zero attached hydrogens (tertiary/aromatic N) is 3. The van der Waals surface area contributed by atoms with Gasteiger partial charge in [0.05, 0.1) is 5.39 Å². The first kappa shape index (κ1) is 13.4. The Morgan fingerprint density at radius 3 is 2.43 bits per heavy atom. The molecule has 0 radical (unpaired) electrons. The monoisotopic (exact) mass is 281 g/mol. The fourth-order valence-electron chi connectivity index (χ4n) is 2.33. The van der Waals surface area contributed by atoms with E-state index in [-0.39, 0.29) is 0 Å². The second kappa shape index (κ2) is 5.09. The van der Waals surface area contributed by atoms with E-state index in [0.717, 1.165) is 34.1 Å². The lowest BCUT2D eigenvalue weighted by Gasteiger charge is -2.13. The third kappa shape index (κ3) is 2.67. The van der Waals surface area contributed by atoms with Crippen LogP contribution in [0.25, 0.3) is 11.0 Å². The maximum atomic E-state index is 4.51. The Balaban J connectivity index is 1.97. The van der Waals surface area contributed by atoms with Crippen LogP contribution >= 0.6 is 0 Å². The number of aromatic amines is 1. The fraction of sp³-hybridized carbons (Fsp3) is 0.250. The molecular weight excluding hydrogens is 262 g/mol. The predicted molar refractivity (Wildman–Crippen MR) is 87.4 cm³/mol.